The predicted molar refractivity (Wildman–Crippen MR) is 260 cm³/mol. The molecule has 4 aromatic carbocycles. The minimum absolute atomic E-state index is 0.0185. The van der Waals surface area contributed by atoms with Gasteiger partial charge in [0, 0.05) is 62.9 Å². The molecule has 1 N–H and O–H groups in total. The molecule has 7 atom stereocenters. The van der Waals surface area contributed by atoms with Crippen LogP contribution in [0.3, 0.4) is 0 Å². The third-order valence-corrected chi connectivity index (χ3v) is 17.5. The number of methoxy groups -OCH3 is 3. The number of carboxylic acid groups (broad SMARTS) is 1. The Kier molecular flexibility index (Phi) is 14.3. The van der Waals surface area contributed by atoms with Crippen LogP contribution in [-0.4, -0.2) is 101 Å². The van der Waals surface area contributed by atoms with Crippen molar-refractivity contribution in [1.82, 2.24) is 8.61 Å². The van der Waals surface area contributed by atoms with E-state index in [-0.39, 0.29) is 66.6 Å². The van der Waals surface area contributed by atoms with Crippen molar-refractivity contribution in [3.8, 4) is 17.2 Å². The first-order chi connectivity index (χ1) is 32.4. The van der Waals surface area contributed by atoms with Gasteiger partial charge in [-0.2, -0.15) is 17.0 Å². The molecule has 0 aromatic heterocycles. The molecule has 0 amide bonds. The minimum atomic E-state index is -4.04. The number of aromatic carboxylic acids is 1. The first-order valence-corrected chi connectivity index (χ1v) is 25.6. The van der Waals surface area contributed by atoms with E-state index in [1.165, 1.54) is 16.7 Å². The molecule has 1 saturated heterocycles. The number of rotatable bonds is 18. The number of ether oxygens (including phenoxy) is 5. The van der Waals surface area contributed by atoms with Crippen LogP contribution in [0.5, 0.6) is 17.2 Å². The molecule has 67 heavy (non-hydrogen) atoms. The van der Waals surface area contributed by atoms with E-state index >= 15 is 8.42 Å². The van der Waals surface area contributed by atoms with Crippen LogP contribution >= 0.6 is 11.6 Å². The maximum atomic E-state index is 15.2. The molecule has 5 aliphatic rings. The van der Waals surface area contributed by atoms with E-state index in [2.05, 4.69) is 23.1 Å². The van der Waals surface area contributed by atoms with Gasteiger partial charge in [-0.05, 0) is 158 Å². The summed E-state index contributed by atoms with van der Waals surface area (Å²) in [5.74, 6) is 1.66. The molecule has 12 nitrogen and oxygen atoms in total. The molecule has 358 valence electrons. The maximum absolute atomic E-state index is 15.2. The second-order valence-corrected chi connectivity index (χ2v) is 21.6. The van der Waals surface area contributed by atoms with Crippen LogP contribution in [0.4, 0.5) is 5.69 Å². The van der Waals surface area contributed by atoms with Crippen molar-refractivity contribution >= 4 is 33.5 Å². The predicted octanol–water partition coefficient (Wildman–Crippen LogP) is 9.33. The fourth-order valence-corrected chi connectivity index (χ4v) is 13.3. The van der Waals surface area contributed by atoms with Gasteiger partial charge in [0.15, 0.2) is 0 Å². The lowest BCUT2D eigenvalue weighted by atomic mass is 9.65. The Morgan fingerprint density at radius 2 is 1.63 bits per heavy atom. The fraction of sp³-hybridized carbons (Fsp3) is 0.491. The zero-order chi connectivity index (χ0) is 46.9. The lowest BCUT2D eigenvalue weighted by molar-refractivity contribution is -0.00116. The van der Waals surface area contributed by atoms with Crippen molar-refractivity contribution in [3.05, 3.63) is 129 Å². The van der Waals surface area contributed by atoms with Crippen molar-refractivity contribution in [1.29, 1.82) is 0 Å². The van der Waals surface area contributed by atoms with Crippen molar-refractivity contribution in [2.45, 2.75) is 95.0 Å². The van der Waals surface area contributed by atoms with Gasteiger partial charge in [0.05, 0.1) is 44.3 Å². The van der Waals surface area contributed by atoms with Gasteiger partial charge >= 0.3 is 5.97 Å². The van der Waals surface area contributed by atoms with E-state index in [4.69, 9.17) is 35.3 Å². The Balaban J connectivity index is 0.961. The van der Waals surface area contributed by atoms with Crippen LogP contribution in [0.2, 0.25) is 5.02 Å². The summed E-state index contributed by atoms with van der Waals surface area (Å²) in [6, 6.07) is 26.2. The van der Waals surface area contributed by atoms with Crippen LogP contribution in [-0.2, 0) is 44.6 Å². The third kappa shape index (κ3) is 9.96. The molecular weight excluding hydrogens is 890 g/mol. The highest BCUT2D eigenvalue weighted by Crippen LogP contribution is 2.49. The number of anilines is 1. The van der Waals surface area contributed by atoms with Crippen LogP contribution in [0.15, 0.2) is 96.6 Å². The second-order valence-electron chi connectivity index (χ2n) is 19.3. The Bertz CT molecular complexity index is 2480. The molecule has 0 radical (unpaired) electrons. The fourth-order valence-electron chi connectivity index (χ4n) is 11.3. The van der Waals surface area contributed by atoms with E-state index in [9.17, 15) is 9.90 Å². The summed E-state index contributed by atoms with van der Waals surface area (Å²) in [4.78, 5) is 14.7. The summed E-state index contributed by atoms with van der Waals surface area (Å²) in [5, 5.41) is 10.8. The Morgan fingerprint density at radius 3 is 2.22 bits per heavy atom. The highest BCUT2D eigenvalue weighted by atomic mass is 35.5. The van der Waals surface area contributed by atoms with Gasteiger partial charge in [-0.3, -0.25) is 0 Å². The number of aryl methyl sites for hydroxylation is 1. The zero-order valence-corrected chi connectivity index (χ0v) is 40.6. The molecule has 4 aromatic rings. The SMILES string of the molecule is COc1ccc(CN(Cc2ccc(OC)cc2)S(=O)(=O)N(CC2CCCO2)C(C)C2C=C(C(OC)[C@@H]3CC[C@H]3CN3C[C@@]4(CCCc5cc(Cl)ccc54)COc4ccc(C(=O)O)cc43)C2)cc1. The van der Waals surface area contributed by atoms with E-state index in [1.54, 1.807) is 42.1 Å². The standard InChI is InChI=1S/C53H64ClN3O9S/c1-35(57(32-46-8-6-24-65-46)67(60,61)56(29-36-9-16-44(62-2)17-10-36)30-37-11-18-45(63-3)19-12-37)41-25-42(26-41)51(64-4)47-20-13-40(47)31-55-33-53(23-5-7-38-27-43(54)15-21-48(38)53)34-66-50-22-14-39(52(58)59)28-49(50)55/h9-12,14-19,21-22,25,27-28,35,40-41,46-47,51H,5-8,13,20,23-24,26,29-34H2,1-4H3,(H,58,59)/t35?,40-,41?,46?,47+,51?,53-/m0/s1. The number of hydrogen-bond donors (Lipinski definition) is 1. The van der Waals surface area contributed by atoms with Gasteiger partial charge in [0.25, 0.3) is 10.2 Å². The van der Waals surface area contributed by atoms with Gasteiger partial charge < -0.3 is 33.7 Å². The first-order valence-electron chi connectivity index (χ1n) is 23.8. The molecule has 9 rings (SSSR count). The summed E-state index contributed by atoms with van der Waals surface area (Å²) in [6.07, 6.45) is 9.36. The first kappa shape index (κ1) is 47.4. The monoisotopic (exact) mass is 953 g/mol. The third-order valence-electron chi connectivity index (χ3n) is 15.3. The molecule has 3 aliphatic carbocycles. The molecule has 2 aliphatic heterocycles. The smallest absolute Gasteiger partial charge is 0.335 e. The lowest BCUT2D eigenvalue weighted by Gasteiger charge is -2.48. The second kappa shape index (κ2) is 20.1. The average Bonchev–Trinajstić information content (AvgIpc) is 3.78. The van der Waals surface area contributed by atoms with Gasteiger partial charge in [-0.1, -0.05) is 48.0 Å². The van der Waals surface area contributed by atoms with Crippen molar-refractivity contribution in [2.75, 3.05) is 59.1 Å². The topological polar surface area (TPSA) is 127 Å². The lowest BCUT2D eigenvalue weighted by Crippen LogP contribution is -2.53. The maximum Gasteiger partial charge on any atom is 0.335 e. The molecule has 2 fully saturated rings. The number of carboxylic acids is 1. The minimum Gasteiger partial charge on any atom is -0.497 e. The average molecular weight is 955 g/mol. The molecular formula is C53H64ClN3O9S. The van der Waals surface area contributed by atoms with Gasteiger partial charge in [-0.25, -0.2) is 4.79 Å². The molecule has 2 heterocycles. The van der Waals surface area contributed by atoms with Crippen LogP contribution in [0.1, 0.15) is 84.5 Å². The largest absolute Gasteiger partial charge is 0.497 e. The summed E-state index contributed by atoms with van der Waals surface area (Å²) in [7, 11) is 0.982. The van der Waals surface area contributed by atoms with Crippen LogP contribution in [0, 0.1) is 17.8 Å². The molecule has 0 bridgehead atoms. The molecule has 14 heteroatoms. The van der Waals surface area contributed by atoms with Crippen molar-refractivity contribution in [3.63, 3.8) is 0 Å². The van der Waals surface area contributed by atoms with Crippen LogP contribution < -0.4 is 19.1 Å². The summed E-state index contributed by atoms with van der Waals surface area (Å²) >= 11 is 6.50. The summed E-state index contributed by atoms with van der Waals surface area (Å²) in [6.45, 7) is 5.22. The van der Waals surface area contributed by atoms with Gasteiger partial charge in [-0.15, -0.1) is 0 Å². The van der Waals surface area contributed by atoms with E-state index in [0.717, 1.165) is 79.7 Å². The molecule has 1 spiro atoms. The van der Waals surface area contributed by atoms with E-state index in [1.807, 2.05) is 67.6 Å². The van der Waals surface area contributed by atoms with Crippen molar-refractivity contribution in [2.24, 2.45) is 17.8 Å². The Morgan fingerprint density at radius 1 is 0.925 bits per heavy atom. The number of carbonyl (C=O) groups is 1. The number of nitrogens with zero attached hydrogens (tertiary/aromatic N) is 3. The highest BCUT2D eigenvalue weighted by Gasteiger charge is 2.47. The molecule has 4 unspecified atom stereocenters. The van der Waals surface area contributed by atoms with E-state index in [0.29, 0.717) is 37.0 Å². The molecule has 1 saturated carbocycles. The number of hydrogen-bond acceptors (Lipinski definition) is 9. The van der Waals surface area contributed by atoms with Gasteiger partial charge in [0.2, 0.25) is 0 Å². The number of benzene rings is 4. The number of halogens is 1. The van der Waals surface area contributed by atoms with E-state index < -0.39 is 16.2 Å². The summed E-state index contributed by atoms with van der Waals surface area (Å²) < 4.78 is 63.7. The normalized spacial score (nSPS) is 24.4. The van der Waals surface area contributed by atoms with Crippen molar-refractivity contribution < 1.29 is 42.0 Å². The van der Waals surface area contributed by atoms with Crippen LogP contribution in [0.25, 0.3) is 0 Å². The number of fused-ring (bicyclic) bond motifs is 3. The Hall–Kier alpha value is -4.63. The zero-order valence-electron chi connectivity index (χ0n) is 39.1. The quantitative estimate of drug-likeness (QED) is 0.0965. The van der Waals surface area contributed by atoms with Gasteiger partial charge in [0.1, 0.15) is 17.2 Å². The summed E-state index contributed by atoms with van der Waals surface area (Å²) in [5.41, 5.74) is 6.20. The highest BCUT2D eigenvalue weighted by molar-refractivity contribution is 7.86. The Labute approximate surface area is 400 Å².